The summed E-state index contributed by atoms with van der Waals surface area (Å²) in [5, 5.41) is 2.83. The molecule has 5 nitrogen and oxygen atoms in total. The number of carbonyl (C=O) groups excluding carboxylic acids is 1. The Hall–Kier alpha value is -2.18. The summed E-state index contributed by atoms with van der Waals surface area (Å²) in [5.41, 5.74) is 2.19. The lowest BCUT2D eigenvalue weighted by Gasteiger charge is -2.16. The van der Waals surface area contributed by atoms with Gasteiger partial charge in [-0.25, -0.2) is 13.1 Å². The van der Waals surface area contributed by atoms with Crippen LogP contribution in [0.5, 0.6) is 0 Å². The van der Waals surface area contributed by atoms with Crippen LogP contribution in [-0.4, -0.2) is 20.4 Å². The number of anilines is 1. The minimum atomic E-state index is -3.56. The van der Waals surface area contributed by atoms with Crippen LogP contribution >= 0.6 is 0 Å². The van der Waals surface area contributed by atoms with E-state index in [1.807, 2.05) is 31.2 Å². The smallest absolute Gasteiger partial charge is 0.255 e. The van der Waals surface area contributed by atoms with Crippen molar-refractivity contribution in [3.05, 3.63) is 59.7 Å². The van der Waals surface area contributed by atoms with Crippen LogP contribution in [0.1, 0.15) is 54.4 Å². The van der Waals surface area contributed by atoms with E-state index < -0.39 is 10.0 Å². The maximum absolute atomic E-state index is 12.6. The van der Waals surface area contributed by atoms with Crippen LogP contribution in [0.25, 0.3) is 0 Å². The number of hydrogen-bond donors (Lipinski definition) is 2. The van der Waals surface area contributed by atoms with Crippen molar-refractivity contribution in [2.45, 2.75) is 56.4 Å². The summed E-state index contributed by atoms with van der Waals surface area (Å²) in [6.07, 6.45) is 6.23. The highest BCUT2D eigenvalue weighted by Crippen LogP contribution is 2.20. The maximum atomic E-state index is 12.6. The van der Waals surface area contributed by atoms with E-state index in [9.17, 15) is 13.2 Å². The summed E-state index contributed by atoms with van der Waals surface area (Å²) in [6, 6.07) is 13.6. The van der Waals surface area contributed by atoms with E-state index in [0.29, 0.717) is 11.3 Å². The number of sulfonamides is 1. The number of carbonyl (C=O) groups is 1. The molecule has 0 bridgehead atoms. The predicted molar refractivity (Wildman–Crippen MR) is 107 cm³/mol. The van der Waals surface area contributed by atoms with E-state index in [1.165, 1.54) is 25.0 Å². The van der Waals surface area contributed by atoms with Gasteiger partial charge in [-0.3, -0.25) is 4.79 Å². The van der Waals surface area contributed by atoms with Crippen molar-refractivity contribution in [1.29, 1.82) is 0 Å². The van der Waals surface area contributed by atoms with Crippen molar-refractivity contribution >= 4 is 21.6 Å². The number of amides is 1. The fraction of sp³-hybridized carbons (Fsp3) is 0.381. The molecule has 0 saturated heterocycles. The molecular weight excluding hydrogens is 360 g/mol. The monoisotopic (exact) mass is 386 g/mol. The van der Waals surface area contributed by atoms with Crippen LogP contribution in [-0.2, 0) is 10.0 Å². The Bertz CT molecular complexity index is 884. The second-order valence-corrected chi connectivity index (χ2v) is 8.87. The molecule has 1 saturated carbocycles. The molecule has 1 fully saturated rings. The van der Waals surface area contributed by atoms with E-state index >= 15 is 0 Å². The van der Waals surface area contributed by atoms with Gasteiger partial charge in [-0.05, 0) is 61.7 Å². The van der Waals surface area contributed by atoms with Gasteiger partial charge in [0.05, 0.1) is 4.90 Å². The number of benzene rings is 2. The van der Waals surface area contributed by atoms with Crippen LogP contribution in [0, 0.1) is 6.92 Å². The molecule has 0 spiro atoms. The van der Waals surface area contributed by atoms with Crippen LogP contribution in [0.2, 0.25) is 0 Å². The Labute approximate surface area is 161 Å². The summed E-state index contributed by atoms with van der Waals surface area (Å²) >= 11 is 0. The van der Waals surface area contributed by atoms with Gasteiger partial charge in [-0.15, -0.1) is 0 Å². The minimum absolute atomic E-state index is 0.00166. The third-order valence-corrected chi connectivity index (χ3v) is 6.42. The normalized spacial score (nSPS) is 15.9. The molecular formula is C21H26N2O3S. The zero-order valence-corrected chi connectivity index (χ0v) is 16.4. The lowest BCUT2D eigenvalue weighted by molar-refractivity contribution is 0.102. The topological polar surface area (TPSA) is 75.3 Å². The van der Waals surface area contributed by atoms with Gasteiger partial charge in [-0.2, -0.15) is 0 Å². The van der Waals surface area contributed by atoms with Crippen molar-refractivity contribution in [3.63, 3.8) is 0 Å². The Morgan fingerprint density at radius 2 is 1.63 bits per heavy atom. The molecule has 0 unspecified atom stereocenters. The number of aryl methyl sites for hydroxylation is 1. The standard InChI is InChI=1S/C21H26N2O3S/c1-16-7-6-10-19(15-16)22-21(24)17-11-13-20(14-12-17)27(25,26)23-18-8-4-2-3-5-9-18/h6-7,10-15,18,23H,2-5,8-9H2,1H3,(H,22,24). The molecule has 1 aliphatic carbocycles. The molecule has 0 heterocycles. The van der Waals surface area contributed by atoms with Gasteiger partial charge in [0.25, 0.3) is 5.91 Å². The van der Waals surface area contributed by atoms with Gasteiger partial charge >= 0.3 is 0 Å². The Kier molecular flexibility index (Phi) is 6.29. The Morgan fingerprint density at radius 3 is 2.26 bits per heavy atom. The largest absolute Gasteiger partial charge is 0.322 e. The molecule has 0 aromatic heterocycles. The fourth-order valence-corrected chi connectivity index (χ4v) is 4.70. The summed E-state index contributed by atoms with van der Waals surface area (Å²) < 4.78 is 28.0. The number of rotatable bonds is 5. The average Bonchev–Trinajstić information content (AvgIpc) is 2.90. The summed E-state index contributed by atoms with van der Waals surface area (Å²) in [5.74, 6) is -0.263. The van der Waals surface area contributed by atoms with Gasteiger partial charge in [0.15, 0.2) is 0 Å². The zero-order chi connectivity index (χ0) is 19.3. The Balaban J connectivity index is 1.67. The van der Waals surface area contributed by atoms with Gasteiger partial charge in [0.1, 0.15) is 0 Å². The van der Waals surface area contributed by atoms with E-state index in [4.69, 9.17) is 0 Å². The van der Waals surface area contributed by atoms with Crippen molar-refractivity contribution in [1.82, 2.24) is 4.72 Å². The SMILES string of the molecule is Cc1cccc(NC(=O)c2ccc(S(=O)(=O)NC3CCCCCC3)cc2)c1. The first-order valence-electron chi connectivity index (χ1n) is 9.44. The summed E-state index contributed by atoms with van der Waals surface area (Å²) in [4.78, 5) is 12.6. The Morgan fingerprint density at radius 1 is 0.963 bits per heavy atom. The summed E-state index contributed by atoms with van der Waals surface area (Å²) in [7, 11) is -3.56. The highest BCUT2D eigenvalue weighted by molar-refractivity contribution is 7.89. The molecule has 2 N–H and O–H groups in total. The van der Waals surface area contributed by atoms with Crippen LogP contribution in [0.3, 0.4) is 0 Å². The maximum Gasteiger partial charge on any atom is 0.255 e. The minimum Gasteiger partial charge on any atom is -0.322 e. The second kappa shape index (κ2) is 8.67. The quantitative estimate of drug-likeness (QED) is 0.755. The summed E-state index contributed by atoms with van der Waals surface area (Å²) in [6.45, 7) is 1.95. The predicted octanol–water partition coefficient (Wildman–Crippen LogP) is 4.25. The molecule has 0 atom stereocenters. The van der Waals surface area contributed by atoms with E-state index in [1.54, 1.807) is 12.1 Å². The van der Waals surface area contributed by atoms with E-state index in [0.717, 1.165) is 31.2 Å². The molecule has 6 heteroatoms. The number of nitrogens with one attached hydrogen (secondary N) is 2. The van der Waals surface area contributed by atoms with Crippen LogP contribution in [0.15, 0.2) is 53.4 Å². The third kappa shape index (κ3) is 5.40. The third-order valence-electron chi connectivity index (χ3n) is 4.88. The van der Waals surface area contributed by atoms with Crippen molar-refractivity contribution in [2.24, 2.45) is 0 Å². The van der Waals surface area contributed by atoms with Crippen molar-refractivity contribution in [3.8, 4) is 0 Å². The molecule has 0 aliphatic heterocycles. The average molecular weight is 387 g/mol. The molecule has 2 aromatic rings. The molecule has 27 heavy (non-hydrogen) atoms. The molecule has 1 aliphatic rings. The van der Waals surface area contributed by atoms with Crippen molar-refractivity contribution < 1.29 is 13.2 Å². The van der Waals surface area contributed by atoms with Gasteiger partial charge in [-0.1, -0.05) is 37.8 Å². The first kappa shape index (κ1) is 19.6. The van der Waals surface area contributed by atoms with Crippen molar-refractivity contribution in [2.75, 3.05) is 5.32 Å². The second-order valence-electron chi connectivity index (χ2n) is 7.16. The molecule has 1 amide bonds. The zero-order valence-electron chi connectivity index (χ0n) is 15.6. The van der Waals surface area contributed by atoms with Crippen LogP contribution < -0.4 is 10.0 Å². The van der Waals surface area contributed by atoms with Gasteiger partial charge in [0, 0.05) is 17.3 Å². The van der Waals surface area contributed by atoms with Gasteiger partial charge in [0.2, 0.25) is 10.0 Å². The highest BCUT2D eigenvalue weighted by atomic mass is 32.2. The first-order valence-corrected chi connectivity index (χ1v) is 10.9. The number of hydrogen-bond acceptors (Lipinski definition) is 3. The molecule has 144 valence electrons. The lowest BCUT2D eigenvalue weighted by atomic mass is 10.1. The van der Waals surface area contributed by atoms with E-state index in [-0.39, 0.29) is 16.8 Å². The molecule has 0 radical (unpaired) electrons. The molecule has 2 aromatic carbocycles. The lowest BCUT2D eigenvalue weighted by Crippen LogP contribution is -2.34. The first-order chi connectivity index (χ1) is 12.9. The van der Waals surface area contributed by atoms with Gasteiger partial charge < -0.3 is 5.32 Å². The molecule has 3 rings (SSSR count). The fourth-order valence-electron chi connectivity index (χ4n) is 3.40. The van der Waals surface area contributed by atoms with Crippen LogP contribution in [0.4, 0.5) is 5.69 Å². The van der Waals surface area contributed by atoms with E-state index in [2.05, 4.69) is 10.0 Å². The highest BCUT2D eigenvalue weighted by Gasteiger charge is 2.21.